The fourth-order valence-electron chi connectivity index (χ4n) is 4.83. The quantitative estimate of drug-likeness (QED) is 0.211. The number of rotatable bonds is 7. The minimum atomic E-state index is 0.222. The van der Waals surface area contributed by atoms with E-state index in [4.69, 9.17) is 14.7 Å². The van der Waals surface area contributed by atoms with Gasteiger partial charge in [0, 0.05) is 38.0 Å². The molecule has 2 aliphatic rings. The van der Waals surface area contributed by atoms with Gasteiger partial charge in [0.05, 0.1) is 23.8 Å². The number of alkyl halides is 1. The van der Waals surface area contributed by atoms with Gasteiger partial charge in [-0.15, -0.1) is 0 Å². The molecule has 2 aromatic rings. The van der Waals surface area contributed by atoms with E-state index in [2.05, 4.69) is 75.8 Å². The summed E-state index contributed by atoms with van der Waals surface area (Å²) >= 11 is 2.48. The highest BCUT2D eigenvalue weighted by molar-refractivity contribution is 14.1. The van der Waals surface area contributed by atoms with Crippen LogP contribution < -0.4 is 9.47 Å². The number of piperidine rings is 1. The van der Waals surface area contributed by atoms with Gasteiger partial charge in [0.1, 0.15) is 11.5 Å². The first-order chi connectivity index (χ1) is 15.6. The lowest BCUT2D eigenvalue weighted by Crippen LogP contribution is -2.39. The third-order valence-electron chi connectivity index (χ3n) is 6.62. The van der Waals surface area contributed by atoms with Gasteiger partial charge in [0.2, 0.25) is 0 Å². The van der Waals surface area contributed by atoms with Crippen molar-refractivity contribution in [2.45, 2.75) is 35.8 Å². The van der Waals surface area contributed by atoms with Gasteiger partial charge in [-0.05, 0) is 67.3 Å². The molecule has 0 spiro atoms. The molecule has 0 aromatic heterocycles. The third kappa shape index (κ3) is 5.56. The number of likely N-dealkylation sites (tertiary alicyclic amines) is 1. The lowest BCUT2D eigenvalue weighted by molar-refractivity contribution is 0.177. The van der Waals surface area contributed by atoms with Crippen molar-refractivity contribution in [3.8, 4) is 17.6 Å². The first-order valence-electron chi connectivity index (χ1n) is 11.4. The van der Waals surface area contributed by atoms with Crippen molar-refractivity contribution in [2.24, 2.45) is 5.92 Å². The molecule has 2 heterocycles. The second-order valence-corrected chi connectivity index (χ2v) is 10.3. The van der Waals surface area contributed by atoms with Crippen molar-refractivity contribution in [2.75, 3.05) is 40.4 Å². The van der Waals surface area contributed by atoms with Crippen molar-refractivity contribution in [1.29, 1.82) is 5.26 Å². The molecule has 3 unspecified atom stereocenters. The Bertz CT molecular complexity index is 943. The largest absolute Gasteiger partial charge is 0.497 e. The Labute approximate surface area is 205 Å². The number of likely N-dealkylation sites (N-methyl/N-ethyl adjacent to an activating group) is 1. The first kappa shape index (κ1) is 23.3. The lowest BCUT2D eigenvalue weighted by atomic mass is 9.84. The molecular weight excluding hydrogens is 513 g/mol. The fraction of sp³-hybridized carbons (Fsp3) is 0.500. The van der Waals surface area contributed by atoms with E-state index in [1.807, 2.05) is 12.1 Å². The molecule has 170 valence electrons. The zero-order chi connectivity index (χ0) is 22.5. The van der Waals surface area contributed by atoms with E-state index in [0.29, 0.717) is 9.97 Å². The SMILES string of the molecule is COc1ccc(C2CN(C)Cc3cc(OCCCN4CCC(C#N)CC4I)ccc32)cc1. The minimum absolute atomic E-state index is 0.222. The molecule has 6 heteroatoms. The van der Waals surface area contributed by atoms with Crippen molar-refractivity contribution in [3.63, 3.8) is 0 Å². The van der Waals surface area contributed by atoms with Crippen molar-refractivity contribution >= 4 is 22.6 Å². The number of ether oxygens (including phenoxy) is 2. The highest BCUT2D eigenvalue weighted by Gasteiger charge is 2.27. The Morgan fingerprint density at radius 2 is 1.94 bits per heavy atom. The zero-order valence-electron chi connectivity index (χ0n) is 19.0. The number of nitrogens with zero attached hydrogens (tertiary/aromatic N) is 3. The molecule has 2 aliphatic heterocycles. The number of hydrogen-bond donors (Lipinski definition) is 0. The van der Waals surface area contributed by atoms with E-state index in [0.717, 1.165) is 63.5 Å². The first-order valence-corrected chi connectivity index (χ1v) is 12.7. The van der Waals surface area contributed by atoms with Crippen molar-refractivity contribution in [1.82, 2.24) is 9.80 Å². The highest BCUT2D eigenvalue weighted by Crippen LogP contribution is 2.35. The van der Waals surface area contributed by atoms with Crippen LogP contribution in [0.4, 0.5) is 0 Å². The number of methoxy groups -OCH3 is 1. The van der Waals surface area contributed by atoms with Crippen molar-refractivity contribution < 1.29 is 9.47 Å². The topological polar surface area (TPSA) is 48.7 Å². The monoisotopic (exact) mass is 545 g/mol. The van der Waals surface area contributed by atoms with Crippen LogP contribution >= 0.6 is 22.6 Å². The normalized spacial score (nSPS) is 23.9. The Balaban J connectivity index is 1.35. The molecule has 0 radical (unpaired) electrons. The van der Waals surface area contributed by atoms with E-state index >= 15 is 0 Å². The van der Waals surface area contributed by atoms with Gasteiger partial charge in [-0.3, -0.25) is 4.90 Å². The second kappa shape index (κ2) is 10.9. The molecule has 4 rings (SSSR count). The number of nitriles is 1. The summed E-state index contributed by atoms with van der Waals surface area (Å²) < 4.78 is 11.9. The number of benzene rings is 2. The molecule has 5 nitrogen and oxygen atoms in total. The van der Waals surface area contributed by atoms with E-state index in [9.17, 15) is 0 Å². The molecule has 0 aliphatic carbocycles. The number of fused-ring (bicyclic) bond motifs is 1. The third-order valence-corrected chi connectivity index (χ3v) is 7.92. The van der Waals surface area contributed by atoms with E-state index in [1.165, 1.54) is 16.7 Å². The van der Waals surface area contributed by atoms with E-state index in [1.54, 1.807) is 7.11 Å². The number of halogens is 1. The van der Waals surface area contributed by atoms with Gasteiger partial charge in [0.25, 0.3) is 0 Å². The van der Waals surface area contributed by atoms with Crippen LogP contribution in [0.1, 0.15) is 41.9 Å². The predicted molar refractivity (Wildman–Crippen MR) is 135 cm³/mol. The maximum Gasteiger partial charge on any atom is 0.119 e. The summed E-state index contributed by atoms with van der Waals surface area (Å²) in [6.45, 7) is 4.73. The smallest absolute Gasteiger partial charge is 0.119 e. The molecule has 2 aromatic carbocycles. The lowest BCUT2D eigenvalue weighted by Gasteiger charge is -2.34. The van der Waals surface area contributed by atoms with Gasteiger partial charge >= 0.3 is 0 Å². The standard InChI is InChI=1S/C26H32IN3O2/c1-29-17-21-15-23(32-13-3-11-30-12-10-19(16-28)14-26(30)27)8-9-24(21)25(18-29)20-4-6-22(31-2)7-5-20/h4-9,15,19,25-26H,3,10-14,17-18H2,1-2H3. The molecular formula is C26H32IN3O2. The van der Waals surface area contributed by atoms with Crippen molar-refractivity contribution in [3.05, 3.63) is 59.2 Å². The Hall–Kier alpha value is -1.82. The predicted octanol–water partition coefficient (Wildman–Crippen LogP) is 5.04. The Morgan fingerprint density at radius 3 is 2.66 bits per heavy atom. The Kier molecular flexibility index (Phi) is 7.93. The van der Waals surface area contributed by atoms with Crippen LogP contribution in [0.5, 0.6) is 11.5 Å². The van der Waals surface area contributed by atoms with Crippen LogP contribution in [-0.2, 0) is 6.54 Å². The summed E-state index contributed by atoms with van der Waals surface area (Å²) in [5, 5.41) is 9.14. The molecule has 1 saturated heterocycles. The van der Waals surface area contributed by atoms with Crippen LogP contribution in [0.15, 0.2) is 42.5 Å². The molecule has 1 fully saturated rings. The van der Waals surface area contributed by atoms with Gasteiger partial charge in [-0.25, -0.2) is 0 Å². The van der Waals surface area contributed by atoms with Crippen LogP contribution in [0.3, 0.4) is 0 Å². The molecule has 0 saturated carbocycles. The highest BCUT2D eigenvalue weighted by atomic mass is 127. The van der Waals surface area contributed by atoms with Gasteiger partial charge in [-0.2, -0.15) is 5.26 Å². The van der Waals surface area contributed by atoms with E-state index in [-0.39, 0.29) is 5.92 Å². The number of hydrogen-bond acceptors (Lipinski definition) is 5. The second-order valence-electron chi connectivity index (χ2n) is 8.91. The maximum atomic E-state index is 9.14. The maximum absolute atomic E-state index is 9.14. The molecule has 0 amide bonds. The van der Waals surface area contributed by atoms with Crippen LogP contribution in [0.25, 0.3) is 0 Å². The van der Waals surface area contributed by atoms with Crippen LogP contribution in [0.2, 0.25) is 0 Å². The summed E-state index contributed by atoms with van der Waals surface area (Å²) in [6, 6.07) is 17.5. The average Bonchev–Trinajstić information content (AvgIpc) is 2.81. The van der Waals surface area contributed by atoms with Crippen LogP contribution in [0, 0.1) is 17.2 Å². The van der Waals surface area contributed by atoms with E-state index < -0.39 is 0 Å². The summed E-state index contributed by atoms with van der Waals surface area (Å²) in [5.74, 6) is 2.44. The summed E-state index contributed by atoms with van der Waals surface area (Å²) in [5.41, 5.74) is 4.07. The molecule has 32 heavy (non-hydrogen) atoms. The summed E-state index contributed by atoms with van der Waals surface area (Å²) in [6.07, 6.45) is 2.97. The molecule has 3 atom stereocenters. The summed E-state index contributed by atoms with van der Waals surface area (Å²) in [7, 11) is 3.89. The Morgan fingerprint density at radius 1 is 1.16 bits per heavy atom. The fourth-order valence-corrected chi connectivity index (χ4v) is 6.00. The zero-order valence-corrected chi connectivity index (χ0v) is 21.1. The summed E-state index contributed by atoms with van der Waals surface area (Å²) in [4.78, 5) is 4.87. The average molecular weight is 545 g/mol. The van der Waals surface area contributed by atoms with Gasteiger partial charge in [0.15, 0.2) is 0 Å². The molecule has 0 N–H and O–H groups in total. The van der Waals surface area contributed by atoms with Gasteiger partial charge in [-0.1, -0.05) is 40.8 Å². The minimum Gasteiger partial charge on any atom is -0.497 e. The van der Waals surface area contributed by atoms with Gasteiger partial charge < -0.3 is 14.4 Å². The van der Waals surface area contributed by atoms with Crippen LogP contribution in [-0.4, -0.2) is 54.2 Å². The molecule has 0 bridgehead atoms.